The van der Waals surface area contributed by atoms with E-state index in [2.05, 4.69) is 10.6 Å². The van der Waals surface area contributed by atoms with Crippen LogP contribution in [-0.2, 0) is 17.9 Å². The fourth-order valence-electron chi connectivity index (χ4n) is 3.15. The number of rotatable bonds is 10. The van der Waals surface area contributed by atoms with Gasteiger partial charge in [0.15, 0.2) is 11.5 Å². The van der Waals surface area contributed by atoms with Crippen molar-refractivity contribution in [1.82, 2.24) is 0 Å². The average molecular weight is 487 g/mol. The molecule has 6 nitrogen and oxygen atoms in total. The Balaban J connectivity index is 1.66. The van der Waals surface area contributed by atoms with E-state index in [-0.39, 0.29) is 18.4 Å². The Kier molecular flexibility index (Phi) is 8.60. The Morgan fingerprint density at radius 1 is 1.00 bits per heavy atom. The van der Waals surface area contributed by atoms with Crippen LogP contribution < -0.4 is 24.8 Å². The summed E-state index contributed by atoms with van der Waals surface area (Å²) < 4.78 is 30.6. The SMILES string of the molecule is COc1cc(NCc2ccc(OCc3c(F)cccc3Cl)c(OC)c2)ccc1NC(=O)C(C)C. The minimum absolute atomic E-state index is 0.0149. The van der Waals surface area contributed by atoms with E-state index in [1.807, 2.05) is 38.1 Å². The minimum Gasteiger partial charge on any atom is -0.494 e. The third-order valence-electron chi connectivity index (χ3n) is 5.14. The van der Waals surface area contributed by atoms with E-state index in [4.69, 9.17) is 25.8 Å². The first-order valence-corrected chi connectivity index (χ1v) is 11.2. The van der Waals surface area contributed by atoms with Gasteiger partial charge in [-0.05, 0) is 42.0 Å². The van der Waals surface area contributed by atoms with Crippen LogP contribution in [0.5, 0.6) is 17.2 Å². The van der Waals surface area contributed by atoms with E-state index >= 15 is 0 Å². The van der Waals surface area contributed by atoms with Crippen LogP contribution in [0.15, 0.2) is 54.6 Å². The summed E-state index contributed by atoms with van der Waals surface area (Å²) in [5, 5.41) is 6.50. The molecule has 0 saturated carbocycles. The number of halogens is 2. The first kappa shape index (κ1) is 25.2. The van der Waals surface area contributed by atoms with E-state index in [0.29, 0.717) is 40.1 Å². The topological polar surface area (TPSA) is 68.8 Å². The van der Waals surface area contributed by atoms with E-state index in [0.717, 1.165) is 11.3 Å². The number of hydrogen-bond acceptors (Lipinski definition) is 5. The van der Waals surface area contributed by atoms with E-state index in [9.17, 15) is 9.18 Å². The van der Waals surface area contributed by atoms with E-state index in [1.54, 1.807) is 38.5 Å². The van der Waals surface area contributed by atoms with Gasteiger partial charge in [-0.3, -0.25) is 4.79 Å². The zero-order valence-corrected chi connectivity index (χ0v) is 20.3. The quantitative estimate of drug-likeness (QED) is 0.353. The van der Waals surface area contributed by atoms with Crippen molar-refractivity contribution in [3.63, 3.8) is 0 Å². The molecule has 0 unspecified atom stereocenters. The molecule has 3 rings (SSSR count). The number of benzene rings is 3. The number of carbonyl (C=O) groups is 1. The molecule has 180 valence electrons. The number of hydrogen-bond donors (Lipinski definition) is 2. The van der Waals surface area contributed by atoms with Crippen molar-refractivity contribution in [2.24, 2.45) is 5.92 Å². The maximum absolute atomic E-state index is 14.0. The molecule has 0 bridgehead atoms. The van der Waals surface area contributed by atoms with Crippen LogP contribution >= 0.6 is 11.6 Å². The third kappa shape index (κ3) is 6.32. The molecule has 0 aliphatic heterocycles. The summed E-state index contributed by atoms with van der Waals surface area (Å²) in [6, 6.07) is 15.5. The molecule has 2 N–H and O–H groups in total. The van der Waals surface area contributed by atoms with Crippen molar-refractivity contribution in [3.05, 3.63) is 76.6 Å². The number of methoxy groups -OCH3 is 2. The molecule has 0 aliphatic carbocycles. The predicted octanol–water partition coefficient (Wildman–Crippen LogP) is 6.28. The largest absolute Gasteiger partial charge is 0.494 e. The lowest BCUT2D eigenvalue weighted by Gasteiger charge is -2.15. The summed E-state index contributed by atoms with van der Waals surface area (Å²) in [7, 11) is 3.10. The van der Waals surface area contributed by atoms with Gasteiger partial charge in [-0.25, -0.2) is 4.39 Å². The lowest BCUT2D eigenvalue weighted by Crippen LogP contribution is -2.18. The van der Waals surface area contributed by atoms with Crippen LogP contribution in [0.3, 0.4) is 0 Å². The number of anilines is 2. The Labute approximate surface area is 204 Å². The summed E-state index contributed by atoms with van der Waals surface area (Å²) in [5.74, 6) is 0.942. The fraction of sp³-hybridized carbons (Fsp3) is 0.269. The fourth-order valence-corrected chi connectivity index (χ4v) is 3.36. The molecule has 0 aliphatic rings. The molecule has 0 spiro atoms. The zero-order valence-electron chi connectivity index (χ0n) is 19.6. The molecular formula is C26H28ClFN2O4. The molecule has 34 heavy (non-hydrogen) atoms. The molecule has 0 fully saturated rings. The van der Waals surface area contributed by atoms with Crippen molar-refractivity contribution in [2.45, 2.75) is 27.0 Å². The van der Waals surface area contributed by atoms with E-state index in [1.165, 1.54) is 6.07 Å². The van der Waals surface area contributed by atoms with Gasteiger partial charge in [0.2, 0.25) is 5.91 Å². The van der Waals surface area contributed by atoms with Crippen LogP contribution in [0, 0.1) is 11.7 Å². The highest BCUT2D eigenvalue weighted by Crippen LogP contribution is 2.32. The van der Waals surface area contributed by atoms with Crippen molar-refractivity contribution in [3.8, 4) is 17.2 Å². The molecule has 0 saturated heterocycles. The number of carbonyl (C=O) groups excluding carboxylic acids is 1. The number of amides is 1. The summed E-state index contributed by atoms with van der Waals surface area (Å²) in [6.07, 6.45) is 0. The van der Waals surface area contributed by atoms with Crippen LogP contribution in [0.25, 0.3) is 0 Å². The average Bonchev–Trinajstić information content (AvgIpc) is 2.83. The Bertz CT molecular complexity index is 1130. The number of nitrogens with one attached hydrogen (secondary N) is 2. The standard InChI is InChI=1S/C26H28ClFN2O4/c1-16(2)26(31)30-22-10-9-18(13-24(22)32-3)29-14-17-8-11-23(25(12-17)33-4)34-15-19-20(27)6-5-7-21(19)28/h5-13,16,29H,14-15H2,1-4H3,(H,30,31). The molecule has 8 heteroatoms. The van der Waals surface area contributed by atoms with Gasteiger partial charge in [-0.1, -0.05) is 37.6 Å². The van der Waals surface area contributed by atoms with Crippen molar-refractivity contribution in [1.29, 1.82) is 0 Å². The number of ether oxygens (including phenoxy) is 3. The Morgan fingerprint density at radius 3 is 2.44 bits per heavy atom. The second-order valence-corrected chi connectivity index (χ2v) is 8.29. The molecule has 3 aromatic rings. The molecule has 0 radical (unpaired) electrons. The Hall–Kier alpha value is -3.45. The van der Waals surface area contributed by atoms with Gasteiger partial charge in [0.25, 0.3) is 0 Å². The van der Waals surface area contributed by atoms with Crippen LogP contribution in [-0.4, -0.2) is 20.1 Å². The van der Waals surface area contributed by atoms with Crippen molar-refractivity contribution < 1.29 is 23.4 Å². The second kappa shape index (κ2) is 11.6. The van der Waals surface area contributed by atoms with Gasteiger partial charge in [-0.2, -0.15) is 0 Å². The molecule has 0 aromatic heterocycles. The van der Waals surface area contributed by atoms with Gasteiger partial charge in [0.1, 0.15) is 18.2 Å². The van der Waals surface area contributed by atoms with Gasteiger partial charge in [0, 0.05) is 29.8 Å². The summed E-state index contributed by atoms with van der Waals surface area (Å²) in [5.41, 5.74) is 2.68. The summed E-state index contributed by atoms with van der Waals surface area (Å²) >= 11 is 6.07. The molecule has 1 amide bonds. The van der Waals surface area contributed by atoms with Crippen LogP contribution in [0.1, 0.15) is 25.0 Å². The molecule has 3 aromatic carbocycles. The highest BCUT2D eigenvalue weighted by atomic mass is 35.5. The zero-order chi connectivity index (χ0) is 24.7. The Morgan fingerprint density at radius 2 is 1.76 bits per heavy atom. The highest BCUT2D eigenvalue weighted by Gasteiger charge is 2.13. The summed E-state index contributed by atoms with van der Waals surface area (Å²) in [6.45, 7) is 4.16. The lowest BCUT2D eigenvalue weighted by atomic mass is 10.1. The van der Waals surface area contributed by atoms with Crippen molar-refractivity contribution in [2.75, 3.05) is 24.9 Å². The van der Waals surface area contributed by atoms with Crippen LogP contribution in [0.4, 0.5) is 15.8 Å². The lowest BCUT2D eigenvalue weighted by molar-refractivity contribution is -0.118. The second-order valence-electron chi connectivity index (χ2n) is 7.89. The highest BCUT2D eigenvalue weighted by molar-refractivity contribution is 6.31. The normalized spacial score (nSPS) is 10.7. The monoisotopic (exact) mass is 486 g/mol. The molecule has 0 atom stereocenters. The van der Waals surface area contributed by atoms with Gasteiger partial charge >= 0.3 is 0 Å². The molecular weight excluding hydrogens is 459 g/mol. The third-order valence-corrected chi connectivity index (χ3v) is 5.50. The minimum atomic E-state index is -0.419. The van der Waals surface area contributed by atoms with Gasteiger partial charge in [0.05, 0.1) is 24.9 Å². The smallest absolute Gasteiger partial charge is 0.227 e. The summed E-state index contributed by atoms with van der Waals surface area (Å²) in [4.78, 5) is 12.0. The molecule has 0 heterocycles. The first-order chi connectivity index (χ1) is 16.3. The maximum atomic E-state index is 14.0. The van der Waals surface area contributed by atoms with Crippen molar-refractivity contribution >= 4 is 28.9 Å². The van der Waals surface area contributed by atoms with Crippen LogP contribution in [0.2, 0.25) is 5.02 Å². The van der Waals surface area contributed by atoms with Gasteiger partial charge in [-0.15, -0.1) is 0 Å². The maximum Gasteiger partial charge on any atom is 0.227 e. The predicted molar refractivity (Wildman–Crippen MR) is 133 cm³/mol. The first-order valence-electron chi connectivity index (χ1n) is 10.8. The van der Waals surface area contributed by atoms with Gasteiger partial charge < -0.3 is 24.8 Å². The van der Waals surface area contributed by atoms with E-state index < -0.39 is 5.82 Å².